The van der Waals surface area contributed by atoms with Crippen molar-refractivity contribution in [2.24, 2.45) is 5.92 Å². The maximum atomic E-state index is 11.0. The first kappa shape index (κ1) is 13.4. The van der Waals surface area contributed by atoms with Crippen molar-refractivity contribution >= 4 is 0 Å². The third-order valence-electron chi connectivity index (χ3n) is 3.55. The van der Waals surface area contributed by atoms with Gasteiger partial charge in [0.25, 0.3) is 0 Å². The molecule has 0 saturated heterocycles. The van der Waals surface area contributed by atoms with E-state index in [1.807, 2.05) is 31.2 Å². The Morgan fingerprint density at radius 1 is 1.39 bits per heavy atom. The first-order chi connectivity index (χ1) is 8.33. The Kier molecular flexibility index (Phi) is 3.39. The fourth-order valence-corrected chi connectivity index (χ4v) is 2.24. The molecule has 1 aliphatic heterocycles. The van der Waals surface area contributed by atoms with Gasteiger partial charge in [0.05, 0.1) is 6.61 Å². The van der Waals surface area contributed by atoms with Gasteiger partial charge in [0.1, 0.15) is 11.4 Å². The van der Waals surface area contributed by atoms with Crippen LogP contribution in [0.15, 0.2) is 24.3 Å². The molecule has 1 heterocycles. The summed E-state index contributed by atoms with van der Waals surface area (Å²) in [7, 11) is 0. The highest BCUT2D eigenvalue weighted by Gasteiger charge is 2.41. The van der Waals surface area contributed by atoms with E-state index in [9.17, 15) is 5.11 Å². The van der Waals surface area contributed by atoms with Crippen molar-refractivity contribution in [3.63, 3.8) is 0 Å². The van der Waals surface area contributed by atoms with Crippen LogP contribution in [0, 0.1) is 5.92 Å². The van der Waals surface area contributed by atoms with Crippen LogP contribution in [0.25, 0.3) is 0 Å². The zero-order valence-corrected chi connectivity index (χ0v) is 11.7. The van der Waals surface area contributed by atoms with Crippen LogP contribution in [-0.2, 0) is 5.60 Å². The summed E-state index contributed by atoms with van der Waals surface area (Å²) in [5, 5.41) is 14.4. The molecule has 0 spiro atoms. The molecule has 1 aromatic carbocycles. The maximum absolute atomic E-state index is 11.0. The molecule has 0 amide bonds. The van der Waals surface area contributed by atoms with Crippen molar-refractivity contribution in [2.45, 2.75) is 38.8 Å². The Hall–Kier alpha value is -1.06. The normalized spacial score (nSPS) is 27.5. The molecule has 18 heavy (non-hydrogen) atoms. The van der Waals surface area contributed by atoms with Crippen LogP contribution in [0.4, 0.5) is 0 Å². The number of nitrogens with one attached hydrogen (secondary N) is 1. The molecule has 0 radical (unpaired) electrons. The molecule has 3 nitrogen and oxygen atoms in total. The van der Waals surface area contributed by atoms with E-state index < -0.39 is 5.60 Å². The summed E-state index contributed by atoms with van der Waals surface area (Å²) in [6.45, 7) is 9.43. The summed E-state index contributed by atoms with van der Waals surface area (Å²) >= 11 is 0. The summed E-state index contributed by atoms with van der Waals surface area (Å²) in [5.41, 5.74) is 0.0191. The third kappa shape index (κ3) is 2.52. The second-order valence-electron chi connectivity index (χ2n) is 6.24. The molecule has 3 heteroatoms. The Bertz CT molecular complexity index is 425. The van der Waals surface area contributed by atoms with E-state index in [0.717, 1.165) is 11.3 Å². The predicted octanol–water partition coefficient (Wildman–Crippen LogP) is 2.29. The van der Waals surface area contributed by atoms with Crippen LogP contribution in [-0.4, -0.2) is 23.8 Å². The van der Waals surface area contributed by atoms with E-state index in [-0.39, 0.29) is 11.5 Å². The smallest absolute Gasteiger partial charge is 0.125 e. The first-order valence-electron chi connectivity index (χ1n) is 6.53. The monoisotopic (exact) mass is 249 g/mol. The number of aliphatic hydroxyl groups is 1. The molecule has 2 N–H and O–H groups in total. The molecule has 0 saturated carbocycles. The fraction of sp³-hybridized carbons (Fsp3) is 0.600. The second-order valence-corrected chi connectivity index (χ2v) is 6.24. The van der Waals surface area contributed by atoms with Crippen LogP contribution in [0.5, 0.6) is 5.75 Å². The highest BCUT2D eigenvalue weighted by atomic mass is 16.5. The molecular weight excluding hydrogens is 226 g/mol. The predicted molar refractivity (Wildman–Crippen MR) is 72.8 cm³/mol. The maximum Gasteiger partial charge on any atom is 0.125 e. The largest absolute Gasteiger partial charge is 0.493 e. The van der Waals surface area contributed by atoms with E-state index >= 15 is 0 Å². The average Bonchev–Trinajstić information content (AvgIpc) is 2.31. The minimum absolute atomic E-state index is 0.0112. The molecular formula is C15H23NO2. The van der Waals surface area contributed by atoms with Crippen LogP contribution >= 0.6 is 0 Å². The Labute approximate surface area is 109 Å². The van der Waals surface area contributed by atoms with Crippen molar-refractivity contribution in [3.05, 3.63) is 29.8 Å². The number of rotatable bonds is 2. The third-order valence-corrected chi connectivity index (χ3v) is 3.55. The number of hydrogen-bond donors (Lipinski definition) is 2. The zero-order chi connectivity index (χ0) is 13.4. The molecule has 2 unspecified atom stereocenters. The number of hydrogen-bond acceptors (Lipinski definition) is 3. The zero-order valence-electron chi connectivity index (χ0n) is 11.7. The highest BCUT2D eigenvalue weighted by molar-refractivity contribution is 5.40. The first-order valence-corrected chi connectivity index (χ1v) is 6.53. The summed E-state index contributed by atoms with van der Waals surface area (Å²) < 4.78 is 5.68. The fourth-order valence-electron chi connectivity index (χ4n) is 2.24. The van der Waals surface area contributed by atoms with Gasteiger partial charge in [-0.2, -0.15) is 0 Å². The minimum atomic E-state index is -0.859. The summed E-state index contributed by atoms with van der Waals surface area (Å²) in [6, 6.07) is 7.76. The molecule has 1 aromatic rings. The van der Waals surface area contributed by atoms with Crippen molar-refractivity contribution in [1.29, 1.82) is 0 Å². The van der Waals surface area contributed by atoms with Crippen LogP contribution in [0.1, 0.15) is 33.3 Å². The Morgan fingerprint density at radius 3 is 2.72 bits per heavy atom. The van der Waals surface area contributed by atoms with Crippen LogP contribution < -0.4 is 10.1 Å². The van der Waals surface area contributed by atoms with E-state index in [1.54, 1.807) is 0 Å². The minimum Gasteiger partial charge on any atom is -0.493 e. The van der Waals surface area contributed by atoms with Gasteiger partial charge < -0.3 is 15.2 Å². The van der Waals surface area contributed by atoms with Gasteiger partial charge in [-0.05, 0) is 26.8 Å². The van der Waals surface area contributed by atoms with Gasteiger partial charge in [-0.15, -0.1) is 0 Å². The van der Waals surface area contributed by atoms with Gasteiger partial charge in [-0.3, -0.25) is 0 Å². The molecule has 0 aliphatic carbocycles. The number of benzene rings is 1. The van der Waals surface area contributed by atoms with Crippen LogP contribution in [0.3, 0.4) is 0 Å². The van der Waals surface area contributed by atoms with E-state index in [1.165, 1.54) is 0 Å². The van der Waals surface area contributed by atoms with Gasteiger partial charge >= 0.3 is 0 Å². The van der Waals surface area contributed by atoms with Gasteiger partial charge in [0, 0.05) is 23.6 Å². The Balaban J connectivity index is 2.29. The SMILES string of the molecule is CC1COc2ccccc2C1(O)CNC(C)(C)C. The van der Waals surface area contributed by atoms with Crippen molar-refractivity contribution in [3.8, 4) is 5.75 Å². The second kappa shape index (κ2) is 4.56. The number of fused-ring (bicyclic) bond motifs is 1. The number of para-hydroxylation sites is 1. The quantitative estimate of drug-likeness (QED) is 0.845. The lowest BCUT2D eigenvalue weighted by Gasteiger charge is -2.41. The van der Waals surface area contributed by atoms with E-state index in [2.05, 4.69) is 26.1 Å². The number of β-amino-alcohol motifs (C(OH)–C–C–N with tert-alkyl or cyclic N) is 1. The molecule has 2 atom stereocenters. The molecule has 0 bridgehead atoms. The van der Waals surface area contributed by atoms with Gasteiger partial charge in [-0.1, -0.05) is 25.1 Å². The van der Waals surface area contributed by atoms with Crippen LogP contribution in [0.2, 0.25) is 0 Å². The van der Waals surface area contributed by atoms with Gasteiger partial charge in [0.2, 0.25) is 0 Å². The van der Waals surface area contributed by atoms with Crippen molar-refractivity contribution in [1.82, 2.24) is 5.32 Å². The topological polar surface area (TPSA) is 41.5 Å². The van der Waals surface area contributed by atoms with E-state index in [0.29, 0.717) is 13.2 Å². The number of ether oxygens (including phenoxy) is 1. The summed E-state index contributed by atoms with van der Waals surface area (Å²) in [4.78, 5) is 0. The average molecular weight is 249 g/mol. The lowest BCUT2D eigenvalue weighted by atomic mass is 9.80. The summed E-state index contributed by atoms with van der Waals surface area (Å²) in [5.74, 6) is 0.871. The molecule has 100 valence electrons. The lowest BCUT2D eigenvalue weighted by Crippen LogP contribution is -2.52. The van der Waals surface area contributed by atoms with Crippen molar-refractivity contribution in [2.75, 3.05) is 13.2 Å². The molecule has 2 rings (SSSR count). The van der Waals surface area contributed by atoms with Gasteiger partial charge in [-0.25, -0.2) is 0 Å². The highest BCUT2D eigenvalue weighted by Crippen LogP contribution is 2.39. The molecule has 0 fully saturated rings. The lowest BCUT2D eigenvalue weighted by molar-refractivity contribution is -0.0533. The van der Waals surface area contributed by atoms with Gasteiger partial charge in [0.15, 0.2) is 0 Å². The standard InChI is InChI=1S/C15H23NO2/c1-11-9-18-13-8-6-5-7-12(13)15(11,17)10-16-14(2,3)4/h5-8,11,16-17H,9-10H2,1-4H3. The summed E-state index contributed by atoms with van der Waals surface area (Å²) in [6.07, 6.45) is 0. The Morgan fingerprint density at radius 2 is 2.06 bits per heavy atom. The van der Waals surface area contributed by atoms with Crippen molar-refractivity contribution < 1.29 is 9.84 Å². The molecule has 0 aromatic heterocycles. The molecule has 1 aliphatic rings. The van der Waals surface area contributed by atoms with E-state index in [4.69, 9.17) is 4.74 Å².